The lowest BCUT2D eigenvalue weighted by atomic mass is 10.1. The van der Waals surface area contributed by atoms with Gasteiger partial charge < -0.3 is 15.7 Å². The van der Waals surface area contributed by atoms with E-state index < -0.39 is 5.60 Å². The van der Waals surface area contributed by atoms with Crippen LogP contribution in [0.15, 0.2) is 0 Å². The summed E-state index contributed by atoms with van der Waals surface area (Å²) in [5.41, 5.74) is 6.95. The second-order valence-corrected chi connectivity index (χ2v) is 6.79. The molecule has 0 radical (unpaired) electrons. The molecule has 0 aromatic carbocycles. The van der Waals surface area contributed by atoms with Crippen LogP contribution in [-0.4, -0.2) is 63.1 Å². The summed E-state index contributed by atoms with van der Waals surface area (Å²) in [6.45, 7) is 9.88. The van der Waals surface area contributed by atoms with Crippen molar-refractivity contribution in [3.8, 4) is 0 Å². The van der Waals surface area contributed by atoms with E-state index in [0.717, 1.165) is 43.3 Å². The number of β-amino-alcohol motifs (C(OH)–C–C–N with tert-alkyl or cyclic N) is 1. The molecule has 118 valence electrons. The number of anilines is 1. The zero-order chi connectivity index (χ0) is 15.8. The molecule has 0 atom stereocenters. The van der Waals surface area contributed by atoms with Gasteiger partial charge in [-0.3, -0.25) is 9.58 Å². The summed E-state index contributed by atoms with van der Waals surface area (Å²) in [5.74, 6) is 1.00. The molecule has 21 heavy (non-hydrogen) atoms. The second kappa shape index (κ2) is 5.90. The fraction of sp³-hybridized carbons (Fsp3) is 0.714. The number of nitrogens with zero attached hydrogens (tertiary/aromatic N) is 4. The number of aryl methyl sites for hydroxylation is 2. The summed E-state index contributed by atoms with van der Waals surface area (Å²) < 4.78 is 1.86. The summed E-state index contributed by atoms with van der Waals surface area (Å²) in [5, 5.41) is 14.4. The van der Waals surface area contributed by atoms with Crippen LogP contribution in [0.25, 0.3) is 0 Å². The topological polar surface area (TPSA) is 70.5 Å². The van der Waals surface area contributed by atoms with E-state index in [4.69, 9.17) is 18.0 Å². The van der Waals surface area contributed by atoms with Gasteiger partial charge in [0.1, 0.15) is 10.8 Å². The molecular weight excluding hydrogens is 286 g/mol. The Morgan fingerprint density at radius 1 is 1.33 bits per heavy atom. The Morgan fingerprint density at radius 2 is 1.90 bits per heavy atom. The summed E-state index contributed by atoms with van der Waals surface area (Å²) in [4.78, 5) is 4.95. The molecule has 1 aliphatic heterocycles. The Balaban J connectivity index is 2.11. The van der Waals surface area contributed by atoms with Gasteiger partial charge in [-0.1, -0.05) is 12.2 Å². The van der Waals surface area contributed by atoms with Crippen molar-refractivity contribution in [3.63, 3.8) is 0 Å². The predicted octanol–water partition coefficient (Wildman–Crippen LogP) is 0.256. The molecule has 1 aromatic rings. The molecule has 0 bridgehead atoms. The van der Waals surface area contributed by atoms with Gasteiger partial charge in [0.2, 0.25) is 0 Å². The Bertz CT molecular complexity index is 526. The number of hydrogen-bond acceptors (Lipinski definition) is 5. The molecule has 1 saturated heterocycles. The fourth-order valence-corrected chi connectivity index (χ4v) is 3.20. The van der Waals surface area contributed by atoms with Crippen LogP contribution in [-0.2, 0) is 7.05 Å². The molecule has 2 heterocycles. The first-order valence-corrected chi connectivity index (χ1v) is 7.63. The van der Waals surface area contributed by atoms with Gasteiger partial charge in [-0.05, 0) is 20.8 Å². The van der Waals surface area contributed by atoms with Gasteiger partial charge in [0.15, 0.2) is 0 Å². The van der Waals surface area contributed by atoms with E-state index >= 15 is 0 Å². The summed E-state index contributed by atoms with van der Waals surface area (Å²) in [7, 11) is 1.92. The molecule has 0 aliphatic carbocycles. The Morgan fingerprint density at radius 3 is 2.38 bits per heavy atom. The van der Waals surface area contributed by atoms with E-state index in [2.05, 4.69) is 14.9 Å². The van der Waals surface area contributed by atoms with Gasteiger partial charge in [0.25, 0.3) is 0 Å². The zero-order valence-electron chi connectivity index (χ0n) is 13.3. The monoisotopic (exact) mass is 311 g/mol. The van der Waals surface area contributed by atoms with Crippen molar-refractivity contribution in [1.29, 1.82) is 0 Å². The van der Waals surface area contributed by atoms with Crippen molar-refractivity contribution < 1.29 is 5.11 Å². The third-order valence-corrected chi connectivity index (χ3v) is 3.92. The molecule has 0 spiro atoms. The maximum atomic E-state index is 9.91. The van der Waals surface area contributed by atoms with Crippen LogP contribution >= 0.6 is 12.2 Å². The minimum absolute atomic E-state index is 0.398. The highest BCUT2D eigenvalue weighted by atomic mass is 32.1. The molecule has 0 amide bonds. The first kappa shape index (κ1) is 16.2. The normalized spacial score (nSPS) is 17.3. The van der Waals surface area contributed by atoms with E-state index in [9.17, 15) is 5.11 Å². The van der Waals surface area contributed by atoms with Crippen molar-refractivity contribution in [1.82, 2.24) is 14.7 Å². The molecule has 1 aliphatic rings. The SMILES string of the molecule is Cc1nn(C)c(N2CCN(CC(C)(C)O)CC2)c1C(N)=S. The van der Waals surface area contributed by atoms with Gasteiger partial charge in [-0.15, -0.1) is 0 Å². The van der Waals surface area contributed by atoms with Crippen LogP contribution in [0, 0.1) is 6.92 Å². The minimum atomic E-state index is -0.657. The van der Waals surface area contributed by atoms with Crippen LogP contribution in [0.1, 0.15) is 25.1 Å². The summed E-state index contributed by atoms with van der Waals surface area (Å²) in [6, 6.07) is 0. The summed E-state index contributed by atoms with van der Waals surface area (Å²) in [6.07, 6.45) is 0. The highest BCUT2D eigenvalue weighted by Gasteiger charge is 2.27. The van der Waals surface area contributed by atoms with E-state index in [1.165, 1.54) is 0 Å². The Labute approximate surface area is 131 Å². The Kier molecular flexibility index (Phi) is 4.55. The number of piperazine rings is 1. The maximum Gasteiger partial charge on any atom is 0.137 e. The minimum Gasteiger partial charge on any atom is -0.389 e. The average Bonchev–Trinajstić information content (AvgIpc) is 2.63. The van der Waals surface area contributed by atoms with Crippen molar-refractivity contribution in [3.05, 3.63) is 11.3 Å². The standard InChI is InChI=1S/C14H25N5OS/c1-10-11(12(15)21)13(17(4)16-10)19-7-5-18(6-8-19)9-14(2,3)20/h20H,5-9H2,1-4H3,(H2,15,21). The molecule has 0 unspecified atom stereocenters. The van der Waals surface area contributed by atoms with Gasteiger partial charge in [0, 0.05) is 39.8 Å². The maximum absolute atomic E-state index is 9.91. The molecule has 7 heteroatoms. The van der Waals surface area contributed by atoms with Crippen LogP contribution in [0.3, 0.4) is 0 Å². The molecule has 0 saturated carbocycles. The largest absolute Gasteiger partial charge is 0.389 e. The van der Waals surface area contributed by atoms with Gasteiger partial charge in [0.05, 0.1) is 16.9 Å². The van der Waals surface area contributed by atoms with Crippen molar-refractivity contribution >= 4 is 23.0 Å². The zero-order valence-corrected chi connectivity index (χ0v) is 14.1. The smallest absolute Gasteiger partial charge is 0.137 e. The fourth-order valence-electron chi connectivity index (χ4n) is 2.96. The van der Waals surface area contributed by atoms with Crippen molar-refractivity contribution in [2.24, 2.45) is 12.8 Å². The molecule has 1 fully saturated rings. The number of thiocarbonyl (C=S) groups is 1. The van der Waals surface area contributed by atoms with E-state index in [-0.39, 0.29) is 0 Å². The highest BCUT2D eigenvalue weighted by Crippen LogP contribution is 2.24. The predicted molar refractivity (Wildman–Crippen MR) is 88.8 cm³/mol. The average molecular weight is 311 g/mol. The van der Waals surface area contributed by atoms with Crippen LogP contribution in [0.5, 0.6) is 0 Å². The molecule has 3 N–H and O–H groups in total. The first-order valence-electron chi connectivity index (χ1n) is 7.22. The quantitative estimate of drug-likeness (QED) is 0.777. The van der Waals surface area contributed by atoms with E-state index in [0.29, 0.717) is 11.5 Å². The van der Waals surface area contributed by atoms with E-state index in [1.807, 2.05) is 32.5 Å². The molecule has 2 rings (SSSR count). The number of aromatic nitrogens is 2. The lowest BCUT2D eigenvalue weighted by Crippen LogP contribution is -2.51. The molecular formula is C14H25N5OS. The van der Waals surface area contributed by atoms with E-state index in [1.54, 1.807) is 0 Å². The lowest BCUT2D eigenvalue weighted by molar-refractivity contribution is 0.0344. The van der Waals surface area contributed by atoms with Crippen molar-refractivity contribution in [2.45, 2.75) is 26.4 Å². The van der Waals surface area contributed by atoms with Crippen LogP contribution in [0.2, 0.25) is 0 Å². The first-order chi connectivity index (χ1) is 9.69. The third-order valence-electron chi connectivity index (χ3n) is 3.72. The van der Waals surface area contributed by atoms with Gasteiger partial charge >= 0.3 is 0 Å². The molecule has 6 nitrogen and oxygen atoms in total. The lowest BCUT2D eigenvalue weighted by Gasteiger charge is -2.38. The third kappa shape index (κ3) is 3.72. The van der Waals surface area contributed by atoms with Crippen LogP contribution < -0.4 is 10.6 Å². The summed E-state index contributed by atoms with van der Waals surface area (Å²) >= 11 is 5.17. The molecule has 1 aromatic heterocycles. The highest BCUT2D eigenvalue weighted by molar-refractivity contribution is 7.80. The number of rotatable bonds is 4. The van der Waals surface area contributed by atoms with Gasteiger partial charge in [-0.2, -0.15) is 5.10 Å². The van der Waals surface area contributed by atoms with Crippen LogP contribution in [0.4, 0.5) is 5.82 Å². The Hall–Kier alpha value is -1.18. The number of nitrogens with two attached hydrogens (primary N) is 1. The second-order valence-electron chi connectivity index (χ2n) is 6.35. The van der Waals surface area contributed by atoms with Crippen molar-refractivity contribution in [2.75, 3.05) is 37.6 Å². The number of aliphatic hydroxyl groups is 1. The number of hydrogen-bond donors (Lipinski definition) is 2. The van der Waals surface area contributed by atoms with Gasteiger partial charge in [-0.25, -0.2) is 0 Å².